The Bertz CT molecular complexity index is 371. The van der Waals surface area contributed by atoms with E-state index in [1.54, 1.807) is 0 Å². The standard InChI is InChI=1S/C10H13FN2O3/c11-8-3-4-9(10(7-8)13(15)16)12-5-1-2-6-14/h3-4,7,12,14H,1-2,5-6H2. The number of halogens is 1. The Hall–Kier alpha value is -1.69. The zero-order valence-electron chi connectivity index (χ0n) is 8.65. The van der Waals surface area contributed by atoms with Crippen LogP contribution < -0.4 is 5.32 Å². The number of nitrogens with one attached hydrogen (secondary N) is 1. The first kappa shape index (κ1) is 12.4. The molecule has 0 aliphatic rings. The van der Waals surface area contributed by atoms with E-state index in [0.29, 0.717) is 25.1 Å². The molecule has 0 heterocycles. The Balaban J connectivity index is 2.67. The van der Waals surface area contributed by atoms with Crippen LogP contribution in [0, 0.1) is 15.9 Å². The molecule has 0 bridgehead atoms. The number of nitrogens with zero attached hydrogens (tertiary/aromatic N) is 1. The maximum absolute atomic E-state index is 12.8. The van der Waals surface area contributed by atoms with E-state index in [1.807, 2.05) is 0 Å². The maximum atomic E-state index is 12.8. The van der Waals surface area contributed by atoms with Gasteiger partial charge in [0.1, 0.15) is 11.5 Å². The summed E-state index contributed by atoms with van der Waals surface area (Å²) in [5, 5.41) is 22.0. The largest absolute Gasteiger partial charge is 0.396 e. The minimum Gasteiger partial charge on any atom is -0.396 e. The van der Waals surface area contributed by atoms with E-state index < -0.39 is 10.7 Å². The molecule has 1 aromatic carbocycles. The molecule has 0 unspecified atom stereocenters. The van der Waals surface area contributed by atoms with Gasteiger partial charge in [-0.05, 0) is 25.0 Å². The summed E-state index contributed by atoms with van der Waals surface area (Å²) in [4.78, 5) is 9.99. The summed E-state index contributed by atoms with van der Waals surface area (Å²) in [5.41, 5.74) is 0.0216. The van der Waals surface area contributed by atoms with Crippen LogP contribution in [0.4, 0.5) is 15.8 Å². The molecule has 2 N–H and O–H groups in total. The smallest absolute Gasteiger partial charge is 0.295 e. The highest BCUT2D eigenvalue weighted by atomic mass is 19.1. The third-order valence-electron chi connectivity index (χ3n) is 2.06. The Morgan fingerprint density at radius 1 is 1.44 bits per heavy atom. The van der Waals surface area contributed by atoms with Crippen molar-refractivity contribution < 1.29 is 14.4 Å². The lowest BCUT2D eigenvalue weighted by Crippen LogP contribution is -2.05. The van der Waals surface area contributed by atoms with Crippen molar-refractivity contribution in [2.24, 2.45) is 0 Å². The number of rotatable bonds is 6. The average Bonchev–Trinajstić information content (AvgIpc) is 2.26. The van der Waals surface area contributed by atoms with Gasteiger partial charge in [0, 0.05) is 13.2 Å². The molecule has 6 heteroatoms. The van der Waals surface area contributed by atoms with E-state index in [0.717, 1.165) is 6.07 Å². The highest BCUT2D eigenvalue weighted by Crippen LogP contribution is 2.24. The molecule has 0 spiro atoms. The fourth-order valence-corrected chi connectivity index (χ4v) is 1.27. The van der Waals surface area contributed by atoms with Crippen LogP contribution >= 0.6 is 0 Å². The van der Waals surface area contributed by atoms with Gasteiger partial charge in [0.25, 0.3) is 5.69 Å². The zero-order chi connectivity index (χ0) is 12.0. The second kappa shape index (κ2) is 6.02. The van der Waals surface area contributed by atoms with Gasteiger partial charge >= 0.3 is 0 Å². The molecule has 0 atom stereocenters. The fraction of sp³-hybridized carbons (Fsp3) is 0.400. The minimum atomic E-state index is -0.632. The molecule has 0 amide bonds. The number of anilines is 1. The summed E-state index contributed by atoms with van der Waals surface area (Å²) in [6, 6.07) is 3.39. The number of aliphatic hydroxyl groups excluding tert-OH is 1. The summed E-state index contributed by atoms with van der Waals surface area (Å²) in [5.74, 6) is -0.632. The number of nitro groups is 1. The van der Waals surface area contributed by atoms with Crippen LogP contribution in [0.5, 0.6) is 0 Å². The summed E-state index contributed by atoms with van der Waals surface area (Å²) >= 11 is 0. The number of aliphatic hydroxyl groups is 1. The van der Waals surface area contributed by atoms with Gasteiger partial charge in [0.2, 0.25) is 0 Å². The second-order valence-corrected chi connectivity index (χ2v) is 3.28. The first-order valence-electron chi connectivity index (χ1n) is 4.94. The predicted octanol–water partition coefficient (Wildman–Crippen LogP) is 1.92. The topological polar surface area (TPSA) is 75.4 Å². The fourth-order valence-electron chi connectivity index (χ4n) is 1.27. The summed E-state index contributed by atoms with van der Waals surface area (Å²) < 4.78 is 12.8. The summed E-state index contributed by atoms with van der Waals surface area (Å²) in [7, 11) is 0. The highest BCUT2D eigenvalue weighted by molar-refractivity contribution is 5.61. The Morgan fingerprint density at radius 2 is 2.19 bits per heavy atom. The first-order valence-corrected chi connectivity index (χ1v) is 4.94. The molecule has 16 heavy (non-hydrogen) atoms. The normalized spacial score (nSPS) is 10.1. The Morgan fingerprint density at radius 3 is 2.81 bits per heavy atom. The number of hydrogen-bond acceptors (Lipinski definition) is 4. The molecular formula is C10H13FN2O3. The average molecular weight is 228 g/mol. The molecule has 0 aliphatic carbocycles. The molecule has 5 nitrogen and oxygen atoms in total. The van der Waals surface area contributed by atoms with Gasteiger partial charge in [-0.15, -0.1) is 0 Å². The number of hydrogen-bond donors (Lipinski definition) is 2. The van der Waals surface area contributed by atoms with Crippen LogP contribution in [0.3, 0.4) is 0 Å². The molecule has 88 valence electrons. The van der Waals surface area contributed by atoms with Crippen LogP contribution in [-0.4, -0.2) is 23.2 Å². The van der Waals surface area contributed by atoms with Crippen molar-refractivity contribution in [2.75, 3.05) is 18.5 Å². The van der Waals surface area contributed by atoms with E-state index in [-0.39, 0.29) is 12.3 Å². The van der Waals surface area contributed by atoms with Crippen molar-refractivity contribution in [2.45, 2.75) is 12.8 Å². The van der Waals surface area contributed by atoms with Crippen LogP contribution in [0.2, 0.25) is 0 Å². The van der Waals surface area contributed by atoms with Crippen molar-refractivity contribution in [1.82, 2.24) is 0 Å². The van der Waals surface area contributed by atoms with E-state index in [9.17, 15) is 14.5 Å². The third kappa shape index (κ3) is 3.47. The van der Waals surface area contributed by atoms with Gasteiger partial charge in [-0.2, -0.15) is 0 Å². The monoisotopic (exact) mass is 228 g/mol. The van der Waals surface area contributed by atoms with Gasteiger partial charge in [-0.3, -0.25) is 10.1 Å². The highest BCUT2D eigenvalue weighted by Gasteiger charge is 2.13. The van der Waals surface area contributed by atoms with Crippen LogP contribution in [0.15, 0.2) is 18.2 Å². The lowest BCUT2D eigenvalue weighted by Gasteiger charge is -2.06. The molecular weight excluding hydrogens is 215 g/mol. The summed E-state index contributed by atoms with van der Waals surface area (Å²) in [6.45, 7) is 0.597. The molecule has 0 saturated carbocycles. The van der Waals surface area contributed by atoms with Crippen molar-refractivity contribution >= 4 is 11.4 Å². The molecule has 0 saturated heterocycles. The second-order valence-electron chi connectivity index (χ2n) is 3.28. The molecule has 0 fully saturated rings. The lowest BCUT2D eigenvalue weighted by molar-refractivity contribution is -0.384. The molecule has 1 rings (SSSR count). The molecule has 1 aromatic rings. The van der Waals surface area contributed by atoms with E-state index >= 15 is 0 Å². The maximum Gasteiger partial charge on any atom is 0.295 e. The van der Waals surface area contributed by atoms with Crippen molar-refractivity contribution in [1.29, 1.82) is 0 Å². The van der Waals surface area contributed by atoms with Gasteiger partial charge in [0.15, 0.2) is 0 Å². The molecule has 0 aromatic heterocycles. The van der Waals surface area contributed by atoms with Gasteiger partial charge in [-0.25, -0.2) is 4.39 Å². The van der Waals surface area contributed by atoms with E-state index in [2.05, 4.69) is 5.32 Å². The van der Waals surface area contributed by atoms with E-state index in [4.69, 9.17) is 5.11 Å². The number of unbranched alkanes of at least 4 members (excludes halogenated alkanes) is 1. The van der Waals surface area contributed by atoms with Crippen LogP contribution in [0.25, 0.3) is 0 Å². The molecule has 0 aliphatic heterocycles. The van der Waals surface area contributed by atoms with Crippen molar-refractivity contribution in [3.63, 3.8) is 0 Å². The lowest BCUT2D eigenvalue weighted by atomic mass is 10.2. The number of benzene rings is 1. The summed E-state index contributed by atoms with van der Waals surface area (Å²) in [6.07, 6.45) is 1.33. The quantitative estimate of drug-likeness (QED) is 0.443. The Kier molecular flexibility index (Phi) is 4.65. The third-order valence-corrected chi connectivity index (χ3v) is 2.06. The van der Waals surface area contributed by atoms with Crippen molar-refractivity contribution in [3.05, 3.63) is 34.1 Å². The van der Waals surface area contributed by atoms with Gasteiger partial charge < -0.3 is 10.4 Å². The molecule has 0 radical (unpaired) electrons. The van der Waals surface area contributed by atoms with Crippen LogP contribution in [0.1, 0.15) is 12.8 Å². The van der Waals surface area contributed by atoms with Gasteiger partial charge in [-0.1, -0.05) is 0 Å². The minimum absolute atomic E-state index is 0.0905. The predicted molar refractivity (Wildman–Crippen MR) is 57.9 cm³/mol. The Labute approximate surface area is 92.1 Å². The number of nitro benzene ring substituents is 1. The van der Waals surface area contributed by atoms with Crippen LogP contribution in [-0.2, 0) is 0 Å². The van der Waals surface area contributed by atoms with E-state index in [1.165, 1.54) is 12.1 Å². The van der Waals surface area contributed by atoms with Crippen molar-refractivity contribution in [3.8, 4) is 0 Å². The zero-order valence-corrected chi connectivity index (χ0v) is 8.65. The first-order chi connectivity index (χ1) is 7.65. The van der Waals surface area contributed by atoms with Gasteiger partial charge in [0.05, 0.1) is 11.0 Å². The SMILES string of the molecule is O=[N+]([O-])c1cc(F)ccc1NCCCCO.